The molecular formula is C14H28N2OS. The maximum Gasteiger partial charge on any atom is 0.240 e. The van der Waals surface area contributed by atoms with Gasteiger partial charge in [0.15, 0.2) is 0 Å². The Morgan fingerprint density at radius 2 is 2.00 bits per heavy atom. The second-order valence-corrected chi connectivity index (χ2v) is 8.30. The molecule has 0 aromatic carbocycles. The molecule has 106 valence electrons. The van der Waals surface area contributed by atoms with Gasteiger partial charge in [-0.05, 0) is 27.2 Å². The van der Waals surface area contributed by atoms with E-state index in [0.717, 1.165) is 18.7 Å². The van der Waals surface area contributed by atoms with Gasteiger partial charge in [0, 0.05) is 29.1 Å². The van der Waals surface area contributed by atoms with Crippen LogP contribution in [0, 0.1) is 0 Å². The normalized spacial score (nSPS) is 22.9. The molecule has 0 aromatic heterocycles. The second-order valence-electron chi connectivity index (χ2n) is 6.46. The Bertz CT molecular complexity index is 286. The van der Waals surface area contributed by atoms with Crippen molar-refractivity contribution in [1.29, 1.82) is 0 Å². The summed E-state index contributed by atoms with van der Waals surface area (Å²) in [6, 6.07) is 0.738. The van der Waals surface area contributed by atoms with E-state index in [2.05, 4.69) is 46.9 Å². The fourth-order valence-electron chi connectivity index (χ4n) is 2.14. The molecule has 0 aliphatic carbocycles. The minimum absolute atomic E-state index is 0.0305. The lowest BCUT2D eigenvalue weighted by atomic mass is 10.2. The number of thioether (sulfide) groups is 1. The number of hydrogen-bond donors (Lipinski definition) is 1. The molecule has 1 heterocycles. The van der Waals surface area contributed by atoms with Crippen molar-refractivity contribution in [2.75, 3.05) is 12.3 Å². The molecule has 18 heavy (non-hydrogen) atoms. The van der Waals surface area contributed by atoms with Gasteiger partial charge in [0.2, 0.25) is 5.91 Å². The van der Waals surface area contributed by atoms with Crippen LogP contribution in [0.2, 0.25) is 0 Å². The van der Waals surface area contributed by atoms with Gasteiger partial charge in [-0.1, -0.05) is 20.8 Å². The Kier molecular flexibility index (Phi) is 5.53. The molecular weight excluding hydrogens is 244 g/mol. The first-order valence-electron chi connectivity index (χ1n) is 6.91. The predicted octanol–water partition coefficient (Wildman–Crippen LogP) is 2.51. The number of hydrogen-bond acceptors (Lipinski definition) is 3. The zero-order chi connectivity index (χ0) is 13.9. The summed E-state index contributed by atoms with van der Waals surface area (Å²) in [5.41, 5.74) is 0. The van der Waals surface area contributed by atoms with Gasteiger partial charge >= 0.3 is 0 Å². The summed E-state index contributed by atoms with van der Waals surface area (Å²) >= 11 is 1.95. The molecule has 0 saturated carbocycles. The zero-order valence-electron chi connectivity index (χ0n) is 12.6. The number of likely N-dealkylation sites (tertiary alicyclic amines) is 1. The lowest BCUT2D eigenvalue weighted by Gasteiger charge is -2.24. The molecule has 1 saturated heterocycles. The van der Waals surface area contributed by atoms with E-state index in [9.17, 15) is 4.79 Å². The van der Waals surface area contributed by atoms with E-state index in [1.165, 1.54) is 0 Å². The summed E-state index contributed by atoms with van der Waals surface area (Å²) in [6.07, 6.45) is 0.946. The largest absolute Gasteiger partial charge is 0.339 e. The number of rotatable bonds is 5. The topological polar surface area (TPSA) is 32.3 Å². The first-order chi connectivity index (χ1) is 8.20. The van der Waals surface area contributed by atoms with Crippen LogP contribution in [-0.2, 0) is 4.79 Å². The van der Waals surface area contributed by atoms with E-state index >= 15 is 0 Å². The Morgan fingerprint density at radius 3 is 2.44 bits per heavy atom. The highest BCUT2D eigenvalue weighted by molar-refractivity contribution is 8.00. The second kappa shape index (κ2) is 6.29. The quantitative estimate of drug-likeness (QED) is 0.834. The van der Waals surface area contributed by atoms with Crippen LogP contribution in [-0.4, -0.2) is 46.0 Å². The van der Waals surface area contributed by atoms with Crippen molar-refractivity contribution in [3.63, 3.8) is 0 Å². The molecule has 1 aliphatic heterocycles. The van der Waals surface area contributed by atoms with Crippen molar-refractivity contribution in [1.82, 2.24) is 10.2 Å². The van der Waals surface area contributed by atoms with Gasteiger partial charge in [0.05, 0.1) is 6.04 Å². The molecule has 0 bridgehead atoms. The van der Waals surface area contributed by atoms with E-state index in [-0.39, 0.29) is 11.9 Å². The minimum Gasteiger partial charge on any atom is -0.339 e. The van der Waals surface area contributed by atoms with Gasteiger partial charge < -0.3 is 10.2 Å². The molecule has 1 N–H and O–H groups in total. The molecule has 1 rings (SSSR count). The van der Waals surface area contributed by atoms with Crippen LogP contribution in [0.25, 0.3) is 0 Å². The monoisotopic (exact) mass is 272 g/mol. The molecule has 3 nitrogen and oxygen atoms in total. The van der Waals surface area contributed by atoms with Crippen LogP contribution in [0.4, 0.5) is 0 Å². The molecule has 0 aromatic rings. The van der Waals surface area contributed by atoms with E-state index in [4.69, 9.17) is 0 Å². The molecule has 0 radical (unpaired) electrons. The van der Waals surface area contributed by atoms with Crippen molar-refractivity contribution in [3.05, 3.63) is 0 Å². The Hall–Kier alpha value is -0.220. The standard InChI is InChI=1S/C14H28N2OS/c1-10(2)16-8-7-12(13(16)17)15-11(3)9-18-14(4,5)6/h10-12,15H,7-9H2,1-6H3/t11-,12+/m0/s1. The van der Waals surface area contributed by atoms with Gasteiger partial charge in [-0.25, -0.2) is 0 Å². The SMILES string of the molecule is CC(C)N1CC[C@@H](N[C@@H](C)CSC(C)(C)C)C1=O. The van der Waals surface area contributed by atoms with Crippen molar-refractivity contribution >= 4 is 17.7 Å². The summed E-state index contributed by atoms with van der Waals surface area (Å²) in [5, 5.41) is 3.47. The van der Waals surface area contributed by atoms with Crippen LogP contribution >= 0.6 is 11.8 Å². The summed E-state index contributed by atoms with van der Waals surface area (Å²) in [6.45, 7) is 13.9. The van der Waals surface area contributed by atoms with Crippen LogP contribution in [0.15, 0.2) is 0 Å². The maximum absolute atomic E-state index is 12.1. The van der Waals surface area contributed by atoms with E-state index < -0.39 is 0 Å². The molecule has 1 fully saturated rings. The number of nitrogens with one attached hydrogen (secondary N) is 1. The number of amides is 1. The molecule has 0 unspecified atom stereocenters. The Balaban J connectivity index is 2.37. The van der Waals surface area contributed by atoms with Gasteiger partial charge in [0.25, 0.3) is 0 Å². The number of nitrogens with zero attached hydrogens (tertiary/aromatic N) is 1. The maximum atomic E-state index is 12.1. The first-order valence-corrected chi connectivity index (χ1v) is 7.90. The number of carbonyl (C=O) groups excluding carboxylic acids is 1. The van der Waals surface area contributed by atoms with Gasteiger partial charge in [0.1, 0.15) is 0 Å². The van der Waals surface area contributed by atoms with Crippen molar-refractivity contribution in [3.8, 4) is 0 Å². The zero-order valence-corrected chi connectivity index (χ0v) is 13.4. The lowest BCUT2D eigenvalue weighted by molar-refractivity contribution is -0.130. The summed E-state index contributed by atoms with van der Waals surface area (Å²) in [5.74, 6) is 1.33. The van der Waals surface area contributed by atoms with Crippen molar-refractivity contribution < 1.29 is 4.79 Å². The third kappa shape index (κ3) is 4.81. The van der Waals surface area contributed by atoms with Gasteiger partial charge in [-0.15, -0.1) is 0 Å². The van der Waals surface area contributed by atoms with E-state index in [0.29, 0.717) is 16.8 Å². The third-order valence-electron chi connectivity index (χ3n) is 3.12. The summed E-state index contributed by atoms with van der Waals surface area (Å²) < 4.78 is 0.291. The lowest BCUT2D eigenvalue weighted by Crippen LogP contribution is -2.45. The summed E-state index contributed by atoms with van der Waals surface area (Å²) in [7, 11) is 0. The summed E-state index contributed by atoms with van der Waals surface area (Å²) in [4.78, 5) is 14.1. The molecule has 1 amide bonds. The van der Waals surface area contributed by atoms with Crippen LogP contribution < -0.4 is 5.32 Å². The molecule has 4 heteroatoms. The third-order valence-corrected chi connectivity index (χ3v) is 4.65. The fraction of sp³-hybridized carbons (Fsp3) is 0.929. The highest BCUT2D eigenvalue weighted by atomic mass is 32.2. The van der Waals surface area contributed by atoms with E-state index in [1.54, 1.807) is 0 Å². The predicted molar refractivity (Wildman–Crippen MR) is 80.1 cm³/mol. The minimum atomic E-state index is 0.0305. The highest BCUT2D eigenvalue weighted by Gasteiger charge is 2.33. The van der Waals surface area contributed by atoms with Crippen molar-refractivity contribution in [2.24, 2.45) is 0 Å². The molecule has 1 aliphatic rings. The average molecular weight is 272 g/mol. The van der Waals surface area contributed by atoms with Crippen LogP contribution in [0.3, 0.4) is 0 Å². The van der Waals surface area contributed by atoms with Gasteiger partial charge in [-0.3, -0.25) is 4.79 Å². The highest BCUT2D eigenvalue weighted by Crippen LogP contribution is 2.24. The Labute approximate surface area is 116 Å². The first kappa shape index (κ1) is 15.8. The van der Waals surface area contributed by atoms with Crippen LogP contribution in [0.5, 0.6) is 0 Å². The molecule has 0 spiro atoms. The smallest absolute Gasteiger partial charge is 0.240 e. The van der Waals surface area contributed by atoms with E-state index in [1.807, 2.05) is 16.7 Å². The van der Waals surface area contributed by atoms with Crippen molar-refractivity contribution in [2.45, 2.75) is 70.8 Å². The average Bonchev–Trinajstić information content (AvgIpc) is 2.57. The molecule has 2 atom stereocenters. The van der Waals surface area contributed by atoms with Gasteiger partial charge in [-0.2, -0.15) is 11.8 Å². The fourth-order valence-corrected chi connectivity index (χ4v) is 2.98. The van der Waals surface area contributed by atoms with Crippen LogP contribution in [0.1, 0.15) is 48.0 Å². The Morgan fingerprint density at radius 1 is 1.39 bits per heavy atom. The number of carbonyl (C=O) groups is 1.